The maximum Gasteiger partial charge on any atom is 0.241 e. The second kappa shape index (κ2) is 5.92. The quantitative estimate of drug-likeness (QED) is 0.782. The van der Waals surface area contributed by atoms with E-state index >= 15 is 0 Å². The summed E-state index contributed by atoms with van der Waals surface area (Å²) in [6.07, 6.45) is 3.33. The van der Waals surface area contributed by atoms with Crippen molar-refractivity contribution in [3.63, 3.8) is 0 Å². The fourth-order valence-electron chi connectivity index (χ4n) is 1.57. The number of benzene rings is 1. The summed E-state index contributed by atoms with van der Waals surface area (Å²) < 4.78 is 1.65. The average Bonchev–Trinajstić information content (AvgIpc) is 2.92. The maximum absolute atomic E-state index is 11.8. The fourth-order valence-corrected chi connectivity index (χ4v) is 1.57. The van der Waals surface area contributed by atoms with E-state index in [0.717, 1.165) is 5.56 Å². The normalized spacial score (nSPS) is 12.1. The van der Waals surface area contributed by atoms with Crippen molar-refractivity contribution in [1.29, 1.82) is 0 Å². The van der Waals surface area contributed by atoms with Gasteiger partial charge in [0.25, 0.3) is 0 Å². The number of nitrogens with zero attached hydrogens (tertiary/aromatic N) is 3. The Kier molecular flexibility index (Phi) is 4.03. The number of amides is 1. The van der Waals surface area contributed by atoms with Crippen molar-refractivity contribution in [1.82, 2.24) is 20.3 Å². The molecule has 0 saturated carbocycles. The van der Waals surface area contributed by atoms with Crippen molar-refractivity contribution in [2.45, 2.75) is 12.6 Å². The highest BCUT2D eigenvalue weighted by molar-refractivity contribution is 5.82. The average molecular weight is 245 g/mol. The van der Waals surface area contributed by atoms with E-state index in [0.29, 0.717) is 13.1 Å². The van der Waals surface area contributed by atoms with Crippen molar-refractivity contribution < 1.29 is 4.79 Å². The number of nitrogens with one attached hydrogen (secondary N) is 1. The van der Waals surface area contributed by atoms with Crippen LogP contribution in [0.1, 0.15) is 11.6 Å². The summed E-state index contributed by atoms with van der Waals surface area (Å²) in [7, 11) is 0. The van der Waals surface area contributed by atoms with E-state index in [9.17, 15) is 4.79 Å². The Bertz CT molecular complexity index is 482. The van der Waals surface area contributed by atoms with Gasteiger partial charge < -0.3 is 11.1 Å². The monoisotopic (exact) mass is 245 g/mol. The molecule has 0 bridgehead atoms. The molecule has 94 valence electrons. The number of nitrogens with two attached hydrogens (primary N) is 1. The Balaban J connectivity index is 1.81. The van der Waals surface area contributed by atoms with Gasteiger partial charge in [0.2, 0.25) is 5.91 Å². The van der Waals surface area contributed by atoms with Gasteiger partial charge in [0.15, 0.2) is 0 Å². The fraction of sp³-hybridized carbons (Fsp3) is 0.250. The summed E-state index contributed by atoms with van der Waals surface area (Å²) in [6, 6.07) is 8.64. The number of rotatable bonds is 5. The number of carbonyl (C=O) groups excluding carboxylic acids is 1. The van der Waals surface area contributed by atoms with E-state index in [2.05, 4.69) is 15.6 Å². The van der Waals surface area contributed by atoms with Crippen LogP contribution in [0.5, 0.6) is 0 Å². The summed E-state index contributed by atoms with van der Waals surface area (Å²) in [5.41, 5.74) is 6.65. The Morgan fingerprint density at radius 3 is 2.83 bits per heavy atom. The standard InChI is InChI=1S/C12H15N5O/c13-11(10-4-2-1-3-5-10)12(18)14-6-8-17-9-7-15-16-17/h1-5,7,9,11H,6,8,13H2,(H,14,18). The number of aromatic nitrogens is 3. The minimum absolute atomic E-state index is 0.193. The molecule has 0 aliphatic carbocycles. The Morgan fingerprint density at radius 2 is 2.17 bits per heavy atom. The van der Waals surface area contributed by atoms with Crippen LogP contribution < -0.4 is 11.1 Å². The summed E-state index contributed by atoms with van der Waals surface area (Å²) in [6.45, 7) is 1.05. The van der Waals surface area contributed by atoms with Gasteiger partial charge in [-0.25, -0.2) is 0 Å². The van der Waals surface area contributed by atoms with E-state index in [4.69, 9.17) is 5.73 Å². The van der Waals surface area contributed by atoms with Gasteiger partial charge in [-0.05, 0) is 5.56 Å². The SMILES string of the molecule is NC(C(=O)NCCn1ccnn1)c1ccccc1. The van der Waals surface area contributed by atoms with Crippen LogP contribution in [0, 0.1) is 0 Å². The molecular weight excluding hydrogens is 230 g/mol. The first-order valence-corrected chi connectivity index (χ1v) is 5.70. The molecule has 0 spiro atoms. The molecule has 0 aliphatic heterocycles. The number of hydrogen-bond donors (Lipinski definition) is 2. The highest BCUT2D eigenvalue weighted by Gasteiger charge is 2.14. The van der Waals surface area contributed by atoms with Crippen LogP contribution in [0.2, 0.25) is 0 Å². The van der Waals surface area contributed by atoms with Gasteiger partial charge >= 0.3 is 0 Å². The Morgan fingerprint density at radius 1 is 1.39 bits per heavy atom. The molecule has 1 unspecified atom stereocenters. The van der Waals surface area contributed by atoms with Crippen molar-refractivity contribution in [3.05, 3.63) is 48.3 Å². The van der Waals surface area contributed by atoms with Crippen LogP contribution >= 0.6 is 0 Å². The lowest BCUT2D eigenvalue weighted by atomic mass is 10.1. The lowest BCUT2D eigenvalue weighted by Gasteiger charge is -2.12. The zero-order chi connectivity index (χ0) is 12.8. The smallest absolute Gasteiger partial charge is 0.241 e. The van der Waals surface area contributed by atoms with Gasteiger partial charge in [-0.1, -0.05) is 35.5 Å². The van der Waals surface area contributed by atoms with Crippen molar-refractivity contribution >= 4 is 5.91 Å². The van der Waals surface area contributed by atoms with Crippen molar-refractivity contribution in [2.75, 3.05) is 6.54 Å². The molecule has 0 aliphatic rings. The molecule has 0 fully saturated rings. The molecule has 18 heavy (non-hydrogen) atoms. The van der Waals surface area contributed by atoms with Crippen LogP contribution in [-0.2, 0) is 11.3 Å². The van der Waals surface area contributed by atoms with Gasteiger partial charge in [0.1, 0.15) is 6.04 Å². The number of hydrogen-bond acceptors (Lipinski definition) is 4. The van der Waals surface area contributed by atoms with Gasteiger partial charge in [0, 0.05) is 12.7 Å². The molecule has 6 heteroatoms. The summed E-state index contributed by atoms with van der Waals surface area (Å²) >= 11 is 0. The van der Waals surface area contributed by atoms with E-state index < -0.39 is 6.04 Å². The first-order chi connectivity index (χ1) is 8.77. The zero-order valence-corrected chi connectivity index (χ0v) is 9.86. The van der Waals surface area contributed by atoms with E-state index in [1.807, 2.05) is 30.3 Å². The molecule has 6 nitrogen and oxygen atoms in total. The third-order valence-electron chi connectivity index (χ3n) is 2.55. The first-order valence-electron chi connectivity index (χ1n) is 5.70. The second-order valence-corrected chi connectivity index (χ2v) is 3.85. The lowest BCUT2D eigenvalue weighted by molar-refractivity contribution is -0.122. The highest BCUT2D eigenvalue weighted by atomic mass is 16.2. The molecule has 1 aromatic carbocycles. The second-order valence-electron chi connectivity index (χ2n) is 3.85. The minimum atomic E-state index is -0.637. The molecule has 2 rings (SSSR count). The van der Waals surface area contributed by atoms with Crippen LogP contribution in [0.4, 0.5) is 0 Å². The molecule has 1 atom stereocenters. The lowest BCUT2D eigenvalue weighted by Crippen LogP contribution is -2.35. The highest BCUT2D eigenvalue weighted by Crippen LogP contribution is 2.08. The third-order valence-corrected chi connectivity index (χ3v) is 2.55. The van der Waals surface area contributed by atoms with Gasteiger partial charge in [0.05, 0.1) is 12.7 Å². The summed E-state index contributed by atoms with van der Waals surface area (Å²) in [5, 5.41) is 10.2. The van der Waals surface area contributed by atoms with Crippen molar-refractivity contribution in [3.8, 4) is 0 Å². The van der Waals surface area contributed by atoms with Crippen LogP contribution in [0.25, 0.3) is 0 Å². The largest absolute Gasteiger partial charge is 0.353 e. The van der Waals surface area contributed by atoms with Gasteiger partial charge in [-0.15, -0.1) is 5.10 Å². The molecule has 2 aromatic rings. The molecule has 0 radical (unpaired) electrons. The topological polar surface area (TPSA) is 85.8 Å². The molecule has 1 heterocycles. The third kappa shape index (κ3) is 3.14. The Hall–Kier alpha value is -2.21. The van der Waals surface area contributed by atoms with Gasteiger partial charge in [-0.3, -0.25) is 9.48 Å². The molecule has 3 N–H and O–H groups in total. The summed E-state index contributed by atoms with van der Waals surface area (Å²) in [4.78, 5) is 11.8. The van der Waals surface area contributed by atoms with Crippen LogP contribution in [0.3, 0.4) is 0 Å². The molecular formula is C12H15N5O. The van der Waals surface area contributed by atoms with Crippen LogP contribution in [0.15, 0.2) is 42.7 Å². The zero-order valence-electron chi connectivity index (χ0n) is 9.86. The van der Waals surface area contributed by atoms with Crippen molar-refractivity contribution in [2.24, 2.45) is 5.73 Å². The molecule has 1 aromatic heterocycles. The first kappa shape index (κ1) is 12.3. The van der Waals surface area contributed by atoms with Crippen LogP contribution in [-0.4, -0.2) is 27.4 Å². The van der Waals surface area contributed by atoms with E-state index in [-0.39, 0.29) is 5.91 Å². The minimum Gasteiger partial charge on any atom is -0.353 e. The summed E-state index contributed by atoms with van der Waals surface area (Å²) in [5.74, 6) is -0.193. The maximum atomic E-state index is 11.8. The predicted octanol–water partition coefficient (Wildman–Crippen LogP) is 0.0943. The molecule has 1 amide bonds. The van der Waals surface area contributed by atoms with Gasteiger partial charge in [-0.2, -0.15) is 0 Å². The Labute approximate surface area is 105 Å². The van der Waals surface area contributed by atoms with E-state index in [1.54, 1.807) is 17.1 Å². The van der Waals surface area contributed by atoms with E-state index in [1.165, 1.54) is 0 Å². The molecule has 0 saturated heterocycles. The number of carbonyl (C=O) groups is 1. The predicted molar refractivity (Wildman–Crippen MR) is 66.4 cm³/mol.